The summed E-state index contributed by atoms with van der Waals surface area (Å²) >= 11 is 0. The predicted octanol–water partition coefficient (Wildman–Crippen LogP) is 6.89. The Morgan fingerprint density at radius 3 is 1.54 bits per heavy atom. The van der Waals surface area contributed by atoms with Crippen molar-refractivity contribution in [2.24, 2.45) is 0 Å². The molecule has 1 aliphatic carbocycles. The number of esters is 2. The monoisotopic (exact) mass is 792 g/mol. The zero-order chi connectivity index (χ0) is 40.0. The van der Waals surface area contributed by atoms with Gasteiger partial charge in [0.1, 0.15) is 43.2 Å². The molecule has 1 fully saturated rings. The molecule has 0 aromatic heterocycles. The van der Waals surface area contributed by atoms with Gasteiger partial charge in [0.25, 0.3) is 0 Å². The molecule has 0 radical (unpaired) electrons. The summed E-state index contributed by atoms with van der Waals surface area (Å²) < 4.78 is 33.3. The van der Waals surface area contributed by atoms with E-state index in [1.807, 2.05) is 0 Å². The average Bonchev–Trinajstić information content (AvgIpc) is 3.15. The normalized spacial score (nSPS) is 23.5. The summed E-state index contributed by atoms with van der Waals surface area (Å²) in [7, 11) is -5.11. The Morgan fingerprint density at radius 2 is 1.00 bits per heavy atom. The number of ether oxygens (including phenoxy) is 2. The molecule has 54 heavy (non-hydrogen) atoms. The highest BCUT2D eigenvalue weighted by Gasteiger charge is 2.51. The number of unbranched alkanes of at least 4 members (excludes halogenated alkanes) is 17. The Hall–Kier alpha value is -1.67. The minimum atomic E-state index is -5.11. The highest BCUT2D eigenvalue weighted by Crippen LogP contribution is 2.47. The smallest absolute Gasteiger partial charge is 0.462 e. The van der Waals surface area contributed by atoms with Crippen LogP contribution in [-0.2, 0) is 32.7 Å². The third-order valence-electron chi connectivity index (χ3n) is 9.55. The molecule has 0 aliphatic heterocycles. The number of rotatable bonds is 33. The number of hydrogen-bond acceptors (Lipinski definition) is 12. The lowest BCUT2D eigenvalue weighted by Crippen LogP contribution is -2.64. The molecule has 0 amide bonds. The fourth-order valence-corrected chi connectivity index (χ4v) is 7.11. The number of carbonyl (C=O) groups is 2. The lowest BCUT2D eigenvalue weighted by molar-refractivity contribution is -0.220. The van der Waals surface area contributed by atoms with Crippen molar-refractivity contribution >= 4 is 19.8 Å². The van der Waals surface area contributed by atoms with Crippen LogP contribution in [0.5, 0.6) is 0 Å². The van der Waals surface area contributed by atoms with Crippen molar-refractivity contribution in [3.8, 4) is 0 Å². The molecule has 6 unspecified atom stereocenters. The zero-order valence-corrected chi connectivity index (χ0v) is 33.9. The van der Waals surface area contributed by atoms with Gasteiger partial charge in [0.05, 0.1) is 6.61 Å². The highest BCUT2D eigenvalue weighted by molar-refractivity contribution is 7.47. The van der Waals surface area contributed by atoms with E-state index in [0.29, 0.717) is 12.8 Å². The first-order chi connectivity index (χ1) is 25.9. The van der Waals surface area contributed by atoms with Crippen LogP contribution in [0, 0.1) is 0 Å². The average molecular weight is 793 g/mol. The minimum absolute atomic E-state index is 0.0827. The number of allylic oxidation sites excluding steroid dienone is 4. The van der Waals surface area contributed by atoms with Gasteiger partial charge in [-0.15, -0.1) is 0 Å². The van der Waals surface area contributed by atoms with Crippen LogP contribution in [0.25, 0.3) is 0 Å². The second-order valence-electron chi connectivity index (χ2n) is 14.5. The van der Waals surface area contributed by atoms with E-state index >= 15 is 0 Å². The van der Waals surface area contributed by atoms with Crippen LogP contribution in [0.2, 0.25) is 0 Å². The molecule has 1 aliphatic rings. The van der Waals surface area contributed by atoms with Gasteiger partial charge >= 0.3 is 19.8 Å². The SMILES string of the molecule is CCCCC/C=C/C/C=C/CCCCCCCC(=O)O[C@H](COC(=O)CCCCCCCCCCCC)COP(=O)(O)OC1C(O)C(O)C(O)[C@@H](O)C1O. The van der Waals surface area contributed by atoms with Crippen LogP contribution >= 0.6 is 7.82 Å². The zero-order valence-electron chi connectivity index (χ0n) is 33.0. The van der Waals surface area contributed by atoms with Crippen LogP contribution in [-0.4, -0.2) is 98.3 Å². The quantitative estimate of drug-likeness (QED) is 0.0173. The van der Waals surface area contributed by atoms with Crippen molar-refractivity contribution in [1.82, 2.24) is 0 Å². The van der Waals surface area contributed by atoms with Crippen molar-refractivity contribution in [1.29, 1.82) is 0 Å². The van der Waals surface area contributed by atoms with E-state index < -0.39 is 75.7 Å². The highest BCUT2D eigenvalue weighted by atomic mass is 31.2. The van der Waals surface area contributed by atoms with Crippen LogP contribution < -0.4 is 0 Å². The second-order valence-corrected chi connectivity index (χ2v) is 15.9. The van der Waals surface area contributed by atoms with E-state index in [-0.39, 0.29) is 12.8 Å². The first-order valence-corrected chi connectivity index (χ1v) is 22.1. The van der Waals surface area contributed by atoms with Gasteiger partial charge in [-0.1, -0.05) is 128 Å². The number of hydrogen-bond donors (Lipinski definition) is 6. The van der Waals surface area contributed by atoms with Gasteiger partial charge in [0.2, 0.25) is 0 Å². The molecule has 8 atom stereocenters. The van der Waals surface area contributed by atoms with Gasteiger partial charge in [0.15, 0.2) is 6.10 Å². The van der Waals surface area contributed by atoms with Crippen LogP contribution in [0.1, 0.15) is 162 Å². The summed E-state index contributed by atoms with van der Waals surface area (Å²) in [5.74, 6) is -1.12. The molecule has 0 saturated heterocycles. The third kappa shape index (κ3) is 24.1. The fraction of sp³-hybridized carbons (Fsp3) is 0.850. The fourth-order valence-electron chi connectivity index (χ4n) is 6.14. The van der Waals surface area contributed by atoms with E-state index in [4.69, 9.17) is 18.5 Å². The van der Waals surface area contributed by atoms with E-state index in [9.17, 15) is 44.6 Å². The van der Waals surface area contributed by atoms with Crippen LogP contribution in [0.15, 0.2) is 24.3 Å². The van der Waals surface area contributed by atoms with Crippen molar-refractivity contribution in [3.05, 3.63) is 24.3 Å². The van der Waals surface area contributed by atoms with Crippen LogP contribution in [0.3, 0.4) is 0 Å². The van der Waals surface area contributed by atoms with Gasteiger partial charge in [-0.3, -0.25) is 18.6 Å². The minimum Gasteiger partial charge on any atom is -0.462 e. The molecule has 1 saturated carbocycles. The molecule has 0 spiro atoms. The topological polar surface area (TPSA) is 210 Å². The summed E-state index contributed by atoms with van der Waals surface area (Å²) in [4.78, 5) is 35.5. The van der Waals surface area contributed by atoms with Crippen molar-refractivity contribution in [2.45, 2.75) is 204 Å². The molecule has 6 N–H and O–H groups in total. The molecule has 13 nitrogen and oxygen atoms in total. The molecule has 0 heterocycles. The molecular formula is C40H73O13P. The van der Waals surface area contributed by atoms with Crippen molar-refractivity contribution in [3.63, 3.8) is 0 Å². The molecule has 14 heteroatoms. The van der Waals surface area contributed by atoms with Gasteiger partial charge in [0, 0.05) is 12.8 Å². The largest absolute Gasteiger partial charge is 0.472 e. The van der Waals surface area contributed by atoms with E-state index in [2.05, 4.69) is 38.2 Å². The Balaban J connectivity index is 2.52. The van der Waals surface area contributed by atoms with Gasteiger partial charge in [-0.2, -0.15) is 0 Å². The molecular weight excluding hydrogens is 719 g/mol. The van der Waals surface area contributed by atoms with Gasteiger partial charge in [-0.25, -0.2) is 4.57 Å². The Morgan fingerprint density at radius 1 is 0.574 bits per heavy atom. The predicted molar refractivity (Wildman–Crippen MR) is 207 cm³/mol. The lowest BCUT2D eigenvalue weighted by atomic mass is 9.85. The number of phosphoric acid groups is 1. The maximum absolute atomic E-state index is 12.7. The summed E-state index contributed by atoms with van der Waals surface area (Å²) in [5, 5.41) is 50.0. The number of phosphoric ester groups is 1. The maximum Gasteiger partial charge on any atom is 0.472 e. The Kier molecular flexibility index (Phi) is 29.3. The molecule has 0 bridgehead atoms. The Labute approximate surface area is 324 Å². The summed E-state index contributed by atoms with van der Waals surface area (Å²) in [6.45, 7) is 3.22. The van der Waals surface area contributed by atoms with Crippen LogP contribution in [0.4, 0.5) is 0 Å². The third-order valence-corrected chi connectivity index (χ3v) is 10.5. The number of aliphatic hydroxyl groups excluding tert-OH is 5. The summed E-state index contributed by atoms with van der Waals surface area (Å²) in [5.41, 5.74) is 0. The Bertz CT molecular complexity index is 1050. The van der Waals surface area contributed by atoms with E-state index in [1.54, 1.807) is 0 Å². The van der Waals surface area contributed by atoms with E-state index in [0.717, 1.165) is 64.2 Å². The maximum atomic E-state index is 12.7. The van der Waals surface area contributed by atoms with Crippen molar-refractivity contribution < 1.29 is 63.1 Å². The first kappa shape index (κ1) is 50.3. The molecule has 316 valence electrons. The van der Waals surface area contributed by atoms with Gasteiger partial charge < -0.3 is 39.9 Å². The first-order valence-electron chi connectivity index (χ1n) is 20.6. The summed E-state index contributed by atoms with van der Waals surface area (Å²) in [6.07, 6.45) is 18.2. The number of carbonyl (C=O) groups excluding carboxylic acids is 2. The van der Waals surface area contributed by atoms with Gasteiger partial charge in [-0.05, 0) is 44.9 Å². The van der Waals surface area contributed by atoms with E-state index in [1.165, 1.54) is 57.8 Å². The van der Waals surface area contributed by atoms with Crippen molar-refractivity contribution in [2.75, 3.05) is 13.2 Å². The summed E-state index contributed by atoms with van der Waals surface area (Å²) in [6, 6.07) is 0. The lowest BCUT2D eigenvalue weighted by Gasteiger charge is -2.41. The second kappa shape index (κ2) is 31.4. The number of aliphatic hydroxyl groups is 5. The molecule has 1 rings (SSSR count). The molecule has 0 aromatic rings. The molecule has 0 aromatic carbocycles. The standard InChI is InChI=1S/C40H73O13P/c1-3-5-7-9-11-13-15-16-17-18-19-21-23-25-27-29-34(42)52-32(30-50-33(41)28-26-24-22-20-14-12-10-8-6-4-2)31-51-54(48,49)53-40-38(46)36(44)35(43)37(45)39(40)47/h11,13,16-17,32,35-40,43-47H,3-10,12,14-15,18-31H2,1-2H3,(H,48,49)/b13-11+,17-16+/t32-,35?,36-,37?,38?,39?,40?/m1/s1.